The van der Waals surface area contributed by atoms with Gasteiger partial charge in [0, 0.05) is 18.6 Å². The Morgan fingerprint density at radius 2 is 1.79 bits per heavy atom. The second kappa shape index (κ2) is 4.93. The third-order valence-corrected chi connectivity index (χ3v) is 3.13. The van der Waals surface area contributed by atoms with E-state index in [1.807, 2.05) is 0 Å². The number of nitrogens with one attached hydrogen (secondary N) is 1. The summed E-state index contributed by atoms with van der Waals surface area (Å²) in [6.45, 7) is 0. The molecule has 0 spiro atoms. The van der Waals surface area contributed by atoms with Gasteiger partial charge < -0.3 is 10.1 Å². The molecular formula is C12H12BrN3O3. The third kappa shape index (κ3) is 2.41. The lowest BCUT2D eigenvalue weighted by atomic mass is 10.1. The van der Waals surface area contributed by atoms with Crippen molar-refractivity contribution >= 4 is 15.9 Å². The number of aromatic nitrogens is 2. The van der Waals surface area contributed by atoms with Crippen molar-refractivity contribution in [3.05, 3.63) is 49.6 Å². The molecule has 2 N–H and O–H groups in total. The van der Waals surface area contributed by atoms with E-state index in [1.165, 1.54) is 5.01 Å². The second-order valence-electron chi connectivity index (χ2n) is 4.12. The molecule has 1 heterocycles. The van der Waals surface area contributed by atoms with Crippen LogP contribution in [0, 0.1) is 0 Å². The van der Waals surface area contributed by atoms with Crippen molar-refractivity contribution in [1.29, 1.82) is 0 Å². The van der Waals surface area contributed by atoms with Gasteiger partial charge in [-0.1, -0.05) is 28.1 Å². The first-order valence-corrected chi connectivity index (χ1v) is 6.23. The van der Waals surface area contributed by atoms with Crippen molar-refractivity contribution < 1.29 is 5.11 Å². The lowest BCUT2D eigenvalue weighted by molar-refractivity contribution is 0.406. The fourth-order valence-electron chi connectivity index (χ4n) is 1.76. The summed E-state index contributed by atoms with van der Waals surface area (Å²) in [7, 11) is 3.18. The Morgan fingerprint density at radius 3 is 2.32 bits per heavy atom. The first-order valence-electron chi connectivity index (χ1n) is 5.43. The molecule has 0 atom stereocenters. The van der Waals surface area contributed by atoms with Crippen LogP contribution in [0.1, 0.15) is 0 Å². The highest BCUT2D eigenvalue weighted by Gasteiger charge is 2.16. The molecule has 0 saturated carbocycles. The van der Waals surface area contributed by atoms with Gasteiger partial charge >= 0.3 is 5.69 Å². The molecule has 0 aliphatic heterocycles. The van der Waals surface area contributed by atoms with E-state index < -0.39 is 11.2 Å². The summed E-state index contributed by atoms with van der Waals surface area (Å²) in [6, 6.07) is 6.86. The summed E-state index contributed by atoms with van der Waals surface area (Å²) in [5.74, 6) is -0.388. The zero-order valence-electron chi connectivity index (χ0n) is 10.3. The van der Waals surface area contributed by atoms with Crippen LogP contribution >= 0.6 is 15.9 Å². The number of halogens is 1. The van der Waals surface area contributed by atoms with E-state index >= 15 is 0 Å². The molecule has 0 bridgehead atoms. The van der Waals surface area contributed by atoms with E-state index in [9.17, 15) is 14.7 Å². The maximum Gasteiger partial charge on any atom is 0.350 e. The Morgan fingerprint density at radius 1 is 1.21 bits per heavy atom. The fraction of sp³-hybridized carbons (Fsp3) is 0.167. The van der Waals surface area contributed by atoms with E-state index in [2.05, 4.69) is 20.9 Å². The number of aromatic amines is 1. The summed E-state index contributed by atoms with van der Waals surface area (Å²) in [4.78, 5) is 25.7. The zero-order valence-corrected chi connectivity index (χ0v) is 11.9. The lowest BCUT2D eigenvalue weighted by Gasteiger charge is -2.18. The van der Waals surface area contributed by atoms with Crippen molar-refractivity contribution in [1.82, 2.24) is 9.66 Å². The molecule has 0 fully saturated rings. The summed E-state index contributed by atoms with van der Waals surface area (Å²) in [6.07, 6.45) is 0. The Bertz CT molecular complexity index is 716. The largest absolute Gasteiger partial charge is 0.493 e. The van der Waals surface area contributed by atoms with Crippen LogP contribution in [0.5, 0.6) is 5.88 Å². The maximum atomic E-state index is 11.9. The monoisotopic (exact) mass is 325 g/mol. The smallest absolute Gasteiger partial charge is 0.350 e. The van der Waals surface area contributed by atoms with Gasteiger partial charge in [-0.3, -0.25) is 9.78 Å². The van der Waals surface area contributed by atoms with Crippen LogP contribution in [-0.4, -0.2) is 28.9 Å². The van der Waals surface area contributed by atoms with E-state index in [0.717, 1.165) is 9.15 Å². The highest BCUT2D eigenvalue weighted by molar-refractivity contribution is 9.10. The molecule has 0 radical (unpaired) electrons. The van der Waals surface area contributed by atoms with Crippen LogP contribution in [0.4, 0.5) is 0 Å². The highest BCUT2D eigenvalue weighted by atomic mass is 79.9. The van der Waals surface area contributed by atoms with Gasteiger partial charge in [0.15, 0.2) is 0 Å². The second-order valence-corrected chi connectivity index (χ2v) is 5.04. The van der Waals surface area contributed by atoms with E-state index in [-0.39, 0.29) is 11.4 Å². The van der Waals surface area contributed by atoms with Gasteiger partial charge in [0.25, 0.3) is 5.56 Å². The fourth-order valence-corrected chi connectivity index (χ4v) is 2.03. The molecule has 2 aromatic rings. The van der Waals surface area contributed by atoms with Gasteiger partial charge in [-0.25, -0.2) is 4.79 Å². The molecule has 2 rings (SSSR count). The SMILES string of the molecule is CN(C)n1c(O)c(-c2ccc(Br)cc2)c(=O)[nH]c1=O. The standard InChI is InChI=1S/C12H12BrN3O3/c1-15(2)16-11(18)9(10(17)14-12(16)19)7-3-5-8(13)6-4-7/h3-6,18H,1-2H3,(H,14,17,19). The van der Waals surface area contributed by atoms with Crippen LogP contribution in [0.25, 0.3) is 11.1 Å². The number of nitrogens with zero attached hydrogens (tertiary/aromatic N) is 2. The van der Waals surface area contributed by atoms with Crippen molar-refractivity contribution in [2.45, 2.75) is 0 Å². The Labute approximate surface area is 117 Å². The van der Waals surface area contributed by atoms with Gasteiger partial charge in [0.1, 0.15) is 5.56 Å². The molecule has 0 aliphatic carbocycles. The van der Waals surface area contributed by atoms with Gasteiger partial charge in [-0.05, 0) is 17.7 Å². The molecule has 7 heteroatoms. The first-order chi connectivity index (χ1) is 8.91. The van der Waals surface area contributed by atoms with Crippen molar-refractivity contribution in [2.75, 3.05) is 19.1 Å². The molecule has 0 unspecified atom stereocenters. The van der Waals surface area contributed by atoms with E-state index in [1.54, 1.807) is 38.4 Å². The molecule has 19 heavy (non-hydrogen) atoms. The maximum absolute atomic E-state index is 11.9. The highest BCUT2D eigenvalue weighted by Crippen LogP contribution is 2.25. The van der Waals surface area contributed by atoms with Gasteiger partial charge in [-0.15, -0.1) is 0 Å². The Kier molecular flexibility index (Phi) is 3.48. The Hall–Kier alpha value is -2.02. The summed E-state index contributed by atoms with van der Waals surface area (Å²) in [5.41, 5.74) is -0.727. The molecule has 0 amide bonds. The van der Waals surface area contributed by atoms with Crippen LogP contribution in [0.15, 0.2) is 38.3 Å². The minimum Gasteiger partial charge on any atom is -0.493 e. The van der Waals surface area contributed by atoms with E-state index in [0.29, 0.717) is 5.56 Å². The molecule has 0 aliphatic rings. The normalized spacial score (nSPS) is 10.5. The minimum atomic E-state index is -0.687. The Balaban J connectivity index is 2.77. The number of aromatic hydroxyl groups is 1. The van der Waals surface area contributed by atoms with Gasteiger partial charge in [0.2, 0.25) is 5.88 Å². The number of hydrogen-bond donors (Lipinski definition) is 2. The van der Waals surface area contributed by atoms with Crippen molar-refractivity contribution in [3.8, 4) is 17.0 Å². The van der Waals surface area contributed by atoms with Crippen molar-refractivity contribution in [3.63, 3.8) is 0 Å². The quantitative estimate of drug-likeness (QED) is 0.858. The average molecular weight is 326 g/mol. The van der Waals surface area contributed by atoms with Crippen LogP contribution in [0.2, 0.25) is 0 Å². The summed E-state index contributed by atoms with van der Waals surface area (Å²) in [5, 5.41) is 11.5. The molecular weight excluding hydrogens is 314 g/mol. The topological polar surface area (TPSA) is 78.3 Å². The molecule has 6 nitrogen and oxygen atoms in total. The lowest BCUT2D eigenvalue weighted by Crippen LogP contribution is -2.40. The molecule has 1 aromatic heterocycles. The van der Waals surface area contributed by atoms with Crippen molar-refractivity contribution in [2.24, 2.45) is 0 Å². The zero-order chi connectivity index (χ0) is 14.2. The number of hydrogen-bond acceptors (Lipinski definition) is 4. The van der Waals surface area contributed by atoms with Gasteiger partial charge in [-0.2, -0.15) is 4.68 Å². The molecule has 100 valence electrons. The van der Waals surface area contributed by atoms with Crippen LogP contribution in [-0.2, 0) is 0 Å². The predicted octanol–water partition coefficient (Wildman–Crippen LogP) is 0.869. The van der Waals surface area contributed by atoms with Crippen LogP contribution < -0.4 is 16.3 Å². The summed E-state index contributed by atoms with van der Waals surface area (Å²) >= 11 is 3.29. The molecule has 1 aromatic carbocycles. The third-order valence-electron chi connectivity index (χ3n) is 2.60. The predicted molar refractivity (Wildman–Crippen MR) is 76.2 cm³/mol. The van der Waals surface area contributed by atoms with Gasteiger partial charge in [0.05, 0.1) is 0 Å². The van der Waals surface area contributed by atoms with E-state index in [4.69, 9.17) is 0 Å². The number of rotatable bonds is 2. The molecule has 0 saturated heterocycles. The summed E-state index contributed by atoms with van der Waals surface area (Å²) < 4.78 is 1.84. The van der Waals surface area contributed by atoms with Crippen LogP contribution in [0.3, 0.4) is 0 Å². The number of H-pyrrole nitrogens is 1. The minimum absolute atomic E-state index is 0.0563. The average Bonchev–Trinajstić information content (AvgIpc) is 2.30. The first kappa shape index (κ1) is 13.4. The number of benzene rings is 1.